The predicted molar refractivity (Wildman–Crippen MR) is 93.9 cm³/mol. The molecule has 0 amide bonds. The van der Waals surface area contributed by atoms with Crippen molar-refractivity contribution in [2.75, 3.05) is 0 Å². The maximum Gasteiger partial charge on any atom is 0.107 e. The molecule has 0 spiro atoms. The molecule has 0 aromatic carbocycles. The molecular formula is C16H19Br2ClS. The van der Waals surface area contributed by atoms with Crippen LogP contribution in [0.25, 0.3) is 0 Å². The minimum absolute atomic E-state index is 0.479. The SMILES string of the molecule is Clc1sc(C(Br)CC23CC4CC(CC(C4)C2)C3)cc1Br. The number of hydrogen-bond donors (Lipinski definition) is 0. The van der Waals surface area contributed by atoms with Gasteiger partial charge in [0.15, 0.2) is 0 Å². The summed E-state index contributed by atoms with van der Waals surface area (Å²) in [7, 11) is 0. The Morgan fingerprint density at radius 3 is 2.20 bits per heavy atom. The van der Waals surface area contributed by atoms with Gasteiger partial charge in [-0.25, -0.2) is 0 Å². The van der Waals surface area contributed by atoms with Gasteiger partial charge in [-0.2, -0.15) is 0 Å². The minimum Gasteiger partial charge on any atom is -0.126 e. The highest BCUT2D eigenvalue weighted by Gasteiger charge is 2.51. The summed E-state index contributed by atoms with van der Waals surface area (Å²) in [4.78, 5) is 1.87. The molecule has 0 aliphatic heterocycles. The average molecular weight is 439 g/mol. The Morgan fingerprint density at radius 2 is 1.75 bits per heavy atom. The van der Waals surface area contributed by atoms with E-state index in [1.807, 2.05) is 0 Å². The summed E-state index contributed by atoms with van der Waals surface area (Å²) in [5.41, 5.74) is 0.631. The van der Waals surface area contributed by atoms with Gasteiger partial charge < -0.3 is 0 Å². The van der Waals surface area contributed by atoms with Crippen LogP contribution in [0.3, 0.4) is 0 Å². The van der Waals surface area contributed by atoms with Gasteiger partial charge in [-0.05, 0) is 90.1 Å². The average Bonchev–Trinajstić information content (AvgIpc) is 2.67. The first-order valence-electron chi connectivity index (χ1n) is 7.62. The van der Waals surface area contributed by atoms with Crippen molar-refractivity contribution in [3.05, 3.63) is 19.8 Å². The molecule has 4 heteroatoms. The van der Waals surface area contributed by atoms with Crippen LogP contribution in [0.15, 0.2) is 10.5 Å². The maximum absolute atomic E-state index is 6.20. The van der Waals surface area contributed by atoms with Gasteiger partial charge in [0, 0.05) is 14.2 Å². The molecule has 110 valence electrons. The molecule has 4 bridgehead atoms. The van der Waals surface area contributed by atoms with Crippen LogP contribution in [0.5, 0.6) is 0 Å². The van der Waals surface area contributed by atoms with Crippen LogP contribution in [0.4, 0.5) is 0 Å². The zero-order chi connectivity index (χ0) is 13.9. The minimum atomic E-state index is 0.479. The van der Waals surface area contributed by atoms with Crippen LogP contribution < -0.4 is 0 Å². The first-order chi connectivity index (χ1) is 9.53. The molecule has 0 radical (unpaired) electrons. The van der Waals surface area contributed by atoms with Crippen molar-refractivity contribution in [2.45, 2.75) is 49.8 Å². The molecule has 4 aliphatic rings. The summed E-state index contributed by atoms with van der Waals surface area (Å²) in [5, 5.41) is 0. The normalized spacial score (nSPS) is 40.2. The van der Waals surface area contributed by atoms with Crippen molar-refractivity contribution in [1.82, 2.24) is 0 Å². The molecule has 1 atom stereocenters. The van der Waals surface area contributed by atoms with Crippen molar-refractivity contribution < 1.29 is 0 Å². The van der Waals surface area contributed by atoms with E-state index in [0.29, 0.717) is 10.2 Å². The lowest BCUT2D eigenvalue weighted by Crippen LogP contribution is -2.46. The van der Waals surface area contributed by atoms with Crippen LogP contribution in [0.1, 0.15) is 54.7 Å². The number of halogens is 3. The molecule has 4 saturated carbocycles. The van der Waals surface area contributed by atoms with E-state index in [-0.39, 0.29) is 0 Å². The molecule has 4 aliphatic carbocycles. The third-order valence-electron chi connectivity index (χ3n) is 5.75. The van der Waals surface area contributed by atoms with Crippen LogP contribution in [0, 0.1) is 23.2 Å². The fraction of sp³-hybridized carbons (Fsp3) is 0.750. The standard InChI is InChI=1S/C16H19Br2ClS/c17-12-4-14(20-15(12)19)13(18)8-16-5-9-1-10(6-16)3-11(2-9)7-16/h4,9-11,13H,1-3,5-8H2. The lowest BCUT2D eigenvalue weighted by atomic mass is 9.48. The highest BCUT2D eigenvalue weighted by atomic mass is 79.9. The molecule has 0 N–H and O–H groups in total. The molecule has 1 unspecified atom stereocenters. The van der Waals surface area contributed by atoms with Crippen molar-refractivity contribution in [1.29, 1.82) is 0 Å². The second-order valence-electron chi connectivity index (χ2n) is 7.36. The Kier molecular flexibility index (Phi) is 3.81. The molecule has 4 fully saturated rings. The summed E-state index contributed by atoms with van der Waals surface area (Å²) < 4.78 is 1.93. The van der Waals surface area contributed by atoms with Crippen molar-refractivity contribution in [2.24, 2.45) is 23.2 Å². The summed E-state index contributed by atoms with van der Waals surface area (Å²) >= 11 is 15.4. The van der Waals surface area contributed by atoms with Crippen molar-refractivity contribution in [3.8, 4) is 0 Å². The monoisotopic (exact) mass is 436 g/mol. The number of rotatable bonds is 3. The third kappa shape index (κ3) is 2.55. The molecule has 1 aromatic rings. The second kappa shape index (κ2) is 5.25. The quantitative estimate of drug-likeness (QED) is 0.438. The van der Waals surface area contributed by atoms with Gasteiger partial charge in [-0.15, -0.1) is 11.3 Å². The fourth-order valence-corrected chi connectivity index (χ4v) is 8.35. The molecule has 0 nitrogen and oxygen atoms in total. The molecule has 0 saturated heterocycles. The Morgan fingerprint density at radius 1 is 1.20 bits per heavy atom. The van der Waals surface area contributed by atoms with Crippen molar-refractivity contribution in [3.63, 3.8) is 0 Å². The topological polar surface area (TPSA) is 0 Å². The summed E-state index contributed by atoms with van der Waals surface area (Å²) in [5.74, 6) is 3.12. The molecule has 20 heavy (non-hydrogen) atoms. The Hall–Kier alpha value is 0.950. The number of thiophene rings is 1. The first kappa shape index (κ1) is 14.5. The van der Waals surface area contributed by atoms with Gasteiger partial charge in [-0.1, -0.05) is 27.5 Å². The maximum atomic E-state index is 6.20. The van der Waals surface area contributed by atoms with Crippen LogP contribution in [0.2, 0.25) is 4.34 Å². The van der Waals surface area contributed by atoms with Crippen molar-refractivity contribution >= 4 is 54.8 Å². The van der Waals surface area contributed by atoms with Crippen LogP contribution >= 0.6 is 54.8 Å². The van der Waals surface area contributed by atoms with Gasteiger partial charge in [0.2, 0.25) is 0 Å². The lowest BCUT2D eigenvalue weighted by molar-refractivity contribution is -0.0570. The zero-order valence-electron chi connectivity index (χ0n) is 11.4. The molecule has 5 rings (SSSR count). The van der Waals surface area contributed by atoms with E-state index in [1.54, 1.807) is 11.3 Å². The van der Waals surface area contributed by atoms with E-state index >= 15 is 0 Å². The Bertz CT molecular complexity index is 470. The number of hydrogen-bond acceptors (Lipinski definition) is 1. The summed E-state index contributed by atoms with van der Waals surface area (Å²) in [6.45, 7) is 0. The summed E-state index contributed by atoms with van der Waals surface area (Å²) in [6.07, 6.45) is 10.4. The Labute approximate surface area is 146 Å². The Balaban J connectivity index is 1.53. The summed E-state index contributed by atoms with van der Waals surface area (Å²) in [6, 6.07) is 2.20. The second-order valence-corrected chi connectivity index (χ2v) is 11.0. The highest BCUT2D eigenvalue weighted by Crippen LogP contribution is 2.63. The first-order valence-corrected chi connectivity index (χ1v) is 10.5. The lowest BCUT2D eigenvalue weighted by Gasteiger charge is -2.57. The van der Waals surface area contributed by atoms with E-state index < -0.39 is 0 Å². The van der Waals surface area contributed by atoms with E-state index in [9.17, 15) is 0 Å². The fourth-order valence-electron chi connectivity index (χ4n) is 5.54. The van der Waals surface area contributed by atoms with Gasteiger partial charge >= 0.3 is 0 Å². The molecule has 1 aromatic heterocycles. The van der Waals surface area contributed by atoms with Gasteiger partial charge in [-0.3, -0.25) is 0 Å². The van der Waals surface area contributed by atoms with E-state index in [4.69, 9.17) is 11.6 Å². The van der Waals surface area contributed by atoms with E-state index in [0.717, 1.165) is 26.6 Å². The highest BCUT2D eigenvalue weighted by molar-refractivity contribution is 9.10. The van der Waals surface area contributed by atoms with Crippen LogP contribution in [-0.4, -0.2) is 0 Å². The number of alkyl halides is 1. The predicted octanol–water partition coefficient (Wildman–Crippen LogP) is 7.21. The van der Waals surface area contributed by atoms with Gasteiger partial charge in [0.05, 0.1) is 0 Å². The molecular weight excluding hydrogens is 420 g/mol. The zero-order valence-corrected chi connectivity index (χ0v) is 16.1. The molecule has 1 heterocycles. The van der Waals surface area contributed by atoms with Gasteiger partial charge in [0.25, 0.3) is 0 Å². The van der Waals surface area contributed by atoms with Crippen LogP contribution in [-0.2, 0) is 0 Å². The smallest absolute Gasteiger partial charge is 0.107 e. The van der Waals surface area contributed by atoms with Gasteiger partial charge in [0.1, 0.15) is 4.34 Å². The van der Waals surface area contributed by atoms with E-state index in [1.165, 1.54) is 49.8 Å². The largest absolute Gasteiger partial charge is 0.126 e. The third-order valence-corrected chi connectivity index (χ3v) is 9.46. The van der Waals surface area contributed by atoms with E-state index in [2.05, 4.69) is 37.9 Å².